The number of rotatable bonds is 8. The molecule has 0 aliphatic carbocycles. The van der Waals surface area contributed by atoms with Crippen LogP contribution in [-0.4, -0.2) is 45.5 Å². The van der Waals surface area contributed by atoms with Crippen LogP contribution >= 0.6 is 11.8 Å². The predicted octanol–water partition coefficient (Wildman–Crippen LogP) is 3.87. The number of ketones is 1. The van der Waals surface area contributed by atoms with Gasteiger partial charge >= 0.3 is 0 Å². The molecule has 4 rings (SSSR count). The van der Waals surface area contributed by atoms with Gasteiger partial charge in [-0.1, -0.05) is 42.1 Å². The second-order valence-electron chi connectivity index (χ2n) is 6.49. The molecule has 0 N–H and O–H groups in total. The maximum absolute atomic E-state index is 12.7. The zero-order valence-electron chi connectivity index (χ0n) is 16.6. The Bertz CT molecular complexity index is 1180. The van der Waals surface area contributed by atoms with Crippen molar-refractivity contribution in [3.63, 3.8) is 0 Å². The minimum atomic E-state index is -0.0237. The first kappa shape index (κ1) is 19.9. The zero-order chi connectivity index (χ0) is 20.9. The summed E-state index contributed by atoms with van der Waals surface area (Å²) in [6, 6.07) is 15.2. The van der Waals surface area contributed by atoms with Gasteiger partial charge in [0.25, 0.3) is 0 Å². The summed E-state index contributed by atoms with van der Waals surface area (Å²) in [4.78, 5) is 21.4. The third-order valence-electron chi connectivity index (χ3n) is 4.62. The van der Waals surface area contributed by atoms with E-state index in [9.17, 15) is 4.79 Å². The molecule has 0 aliphatic heterocycles. The van der Waals surface area contributed by atoms with E-state index in [2.05, 4.69) is 15.1 Å². The molecule has 0 unspecified atom stereocenters. The molecule has 8 heteroatoms. The first-order valence-electron chi connectivity index (χ1n) is 9.28. The lowest BCUT2D eigenvalue weighted by atomic mass is 10.1. The highest BCUT2D eigenvalue weighted by Crippen LogP contribution is 2.29. The SMILES string of the molecule is COc1ccc(C(=O)CSc2ncnc3c2cnn3Cc2ccccc2)cc1OC. The van der Waals surface area contributed by atoms with E-state index in [1.54, 1.807) is 38.6 Å². The lowest BCUT2D eigenvalue weighted by molar-refractivity contribution is 0.102. The van der Waals surface area contributed by atoms with Crippen molar-refractivity contribution in [2.24, 2.45) is 0 Å². The summed E-state index contributed by atoms with van der Waals surface area (Å²) in [6.45, 7) is 0.621. The Balaban J connectivity index is 1.51. The highest BCUT2D eigenvalue weighted by Gasteiger charge is 2.15. The van der Waals surface area contributed by atoms with E-state index in [1.807, 2.05) is 35.0 Å². The summed E-state index contributed by atoms with van der Waals surface area (Å²) in [5, 5.41) is 6.03. The van der Waals surface area contributed by atoms with E-state index >= 15 is 0 Å². The summed E-state index contributed by atoms with van der Waals surface area (Å²) >= 11 is 1.37. The van der Waals surface area contributed by atoms with Gasteiger partial charge in [0.1, 0.15) is 11.4 Å². The molecule has 7 nitrogen and oxygen atoms in total. The van der Waals surface area contributed by atoms with Crippen LogP contribution < -0.4 is 9.47 Å². The Morgan fingerprint density at radius 2 is 1.83 bits per heavy atom. The van der Waals surface area contributed by atoms with E-state index < -0.39 is 0 Å². The molecule has 30 heavy (non-hydrogen) atoms. The molecule has 0 radical (unpaired) electrons. The lowest BCUT2D eigenvalue weighted by Gasteiger charge is -2.09. The number of ether oxygens (including phenoxy) is 2. The van der Waals surface area contributed by atoms with Crippen molar-refractivity contribution < 1.29 is 14.3 Å². The molecule has 2 aromatic heterocycles. The number of hydrogen-bond acceptors (Lipinski definition) is 7. The number of nitrogens with zero attached hydrogens (tertiary/aromatic N) is 4. The Morgan fingerprint density at radius 3 is 2.60 bits per heavy atom. The van der Waals surface area contributed by atoms with Crippen molar-refractivity contribution in [3.8, 4) is 11.5 Å². The quantitative estimate of drug-likeness (QED) is 0.243. The largest absolute Gasteiger partial charge is 0.493 e. The number of benzene rings is 2. The standard InChI is InChI=1S/C22H20N4O3S/c1-28-19-9-8-16(10-20(19)29-2)18(27)13-30-22-17-11-25-26(21(17)23-14-24-22)12-15-6-4-3-5-7-15/h3-11,14H,12-13H2,1-2H3. The van der Waals surface area contributed by atoms with Gasteiger partial charge in [-0.05, 0) is 23.8 Å². The van der Waals surface area contributed by atoms with Crippen LogP contribution in [0.25, 0.3) is 11.0 Å². The number of aromatic nitrogens is 4. The average Bonchev–Trinajstić information content (AvgIpc) is 3.21. The van der Waals surface area contributed by atoms with Gasteiger partial charge in [0.2, 0.25) is 0 Å². The van der Waals surface area contributed by atoms with E-state index in [-0.39, 0.29) is 11.5 Å². The normalized spacial score (nSPS) is 10.9. The predicted molar refractivity (Wildman–Crippen MR) is 115 cm³/mol. The van der Waals surface area contributed by atoms with Gasteiger partial charge in [0.15, 0.2) is 22.9 Å². The van der Waals surface area contributed by atoms with E-state index in [1.165, 1.54) is 18.1 Å². The number of Topliss-reactive ketones (excluding diaryl/α,β-unsaturated/α-hetero) is 1. The monoisotopic (exact) mass is 420 g/mol. The fraction of sp³-hybridized carbons (Fsp3) is 0.182. The second kappa shape index (κ2) is 8.96. The lowest BCUT2D eigenvalue weighted by Crippen LogP contribution is -2.04. The second-order valence-corrected chi connectivity index (χ2v) is 7.45. The molecule has 0 amide bonds. The van der Waals surface area contributed by atoms with Gasteiger partial charge in [0.05, 0.1) is 38.1 Å². The topological polar surface area (TPSA) is 79.1 Å². The molecule has 2 aromatic carbocycles. The molecule has 2 heterocycles. The molecule has 0 saturated carbocycles. The van der Waals surface area contributed by atoms with Crippen LogP contribution in [0, 0.1) is 0 Å². The molecule has 0 atom stereocenters. The fourth-order valence-corrected chi connectivity index (χ4v) is 3.94. The summed E-state index contributed by atoms with van der Waals surface area (Å²) < 4.78 is 12.3. The van der Waals surface area contributed by atoms with Gasteiger partial charge in [-0.3, -0.25) is 4.79 Å². The van der Waals surface area contributed by atoms with Crippen LogP contribution in [0.5, 0.6) is 11.5 Å². The summed E-state index contributed by atoms with van der Waals surface area (Å²) in [5.74, 6) is 1.33. The van der Waals surface area contributed by atoms with Gasteiger partial charge < -0.3 is 9.47 Å². The van der Waals surface area contributed by atoms with Crippen LogP contribution in [0.15, 0.2) is 66.1 Å². The molecule has 0 bridgehead atoms. The Kier molecular flexibility index (Phi) is 5.94. The van der Waals surface area contributed by atoms with Crippen LogP contribution in [-0.2, 0) is 6.54 Å². The van der Waals surface area contributed by atoms with Crippen molar-refractivity contribution in [2.75, 3.05) is 20.0 Å². The number of carbonyl (C=O) groups is 1. The Morgan fingerprint density at radius 1 is 1.03 bits per heavy atom. The van der Waals surface area contributed by atoms with Gasteiger partial charge in [-0.2, -0.15) is 5.10 Å². The number of methoxy groups -OCH3 is 2. The van der Waals surface area contributed by atoms with E-state index in [4.69, 9.17) is 9.47 Å². The molecule has 0 aliphatic rings. The Labute approximate surface area is 178 Å². The van der Waals surface area contributed by atoms with E-state index in [0.717, 1.165) is 21.6 Å². The number of hydrogen-bond donors (Lipinski definition) is 0. The molecule has 0 saturated heterocycles. The highest BCUT2D eigenvalue weighted by atomic mass is 32.2. The third kappa shape index (κ3) is 4.13. The summed E-state index contributed by atoms with van der Waals surface area (Å²) in [6.07, 6.45) is 3.26. The third-order valence-corrected chi connectivity index (χ3v) is 5.62. The van der Waals surface area contributed by atoms with Gasteiger partial charge in [-0.25, -0.2) is 14.6 Å². The van der Waals surface area contributed by atoms with Gasteiger partial charge in [0, 0.05) is 5.56 Å². The first-order valence-corrected chi connectivity index (χ1v) is 10.3. The number of fused-ring (bicyclic) bond motifs is 1. The number of carbonyl (C=O) groups excluding carboxylic acids is 1. The van der Waals surface area contributed by atoms with Crippen LogP contribution in [0.4, 0.5) is 0 Å². The fourth-order valence-electron chi connectivity index (χ4n) is 3.09. The minimum absolute atomic E-state index is 0.0237. The van der Waals surface area contributed by atoms with Crippen LogP contribution in [0.1, 0.15) is 15.9 Å². The molecular weight excluding hydrogens is 400 g/mol. The smallest absolute Gasteiger partial charge is 0.173 e. The maximum atomic E-state index is 12.7. The van der Waals surface area contributed by atoms with E-state index in [0.29, 0.717) is 23.6 Å². The highest BCUT2D eigenvalue weighted by molar-refractivity contribution is 8.00. The molecular formula is C22H20N4O3S. The first-order chi connectivity index (χ1) is 14.7. The van der Waals surface area contributed by atoms with Crippen molar-refractivity contribution in [1.29, 1.82) is 0 Å². The molecule has 0 fully saturated rings. The summed E-state index contributed by atoms with van der Waals surface area (Å²) in [7, 11) is 3.11. The van der Waals surface area contributed by atoms with Crippen molar-refractivity contribution in [2.45, 2.75) is 11.6 Å². The Hall–Kier alpha value is -3.39. The summed E-state index contributed by atoms with van der Waals surface area (Å²) in [5.41, 5.74) is 2.44. The van der Waals surface area contributed by atoms with Crippen molar-refractivity contribution in [3.05, 3.63) is 72.2 Å². The van der Waals surface area contributed by atoms with Crippen LogP contribution in [0.3, 0.4) is 0 Å². The van der Waals surface area contributed by atoms with Crippen molar-refractivity contribution in [1.82, 2.24) is 19.7 Å². The average molecular weight is 420 g/mol. The molecule has 0 spiro atoms. The number of thioether (sulfide) groups is 1. The van der Waals surface area contributed by atoms with Crippen LogP contribution in [0.2, 0.25) is 0 Å². The molecule has 4 aromatic rings. The maximum Gasteiger partial charge on any atom is 0.173 e. The minimum Gasteiger partial charge on any atom is -0.493 e. The molecule has 152 valence electrons. The van der Waals surface area contributed by atoms with Gasteiger partial charge in [-0.15, -0.1) is 0 Å². The van der Waals surface area contributed by atoms with Crippen molar-refractivity contribution >= 4 is 28.6 Å². The zero-order valence-corrected chi connectivity index (χ0v) is 17.4.